The van der Waals surface area contributed by atoms with Crippen molar-refractivity contribution in [1.82, 2.24) is 9.47 Å². The Morgan fingerprint density at radius 3 is 2.35 bits per heavy atom. The highest BCUT2D eigenvalue weighted by Gasteiger charge is 2.40. The fourth-order valence-electron chi connectivity index (χ4n) is 4.51. The number of fused-ring (bicyclic) bond motifs is 1. The summed E-state index contributed by atoms with van der Waals surface area (Å²) in [5.41, 5.74) is 3.41. The second-order valence-electron chi connectivity index (χ2n) is 8.75. The Morgan fingerprint density at radius 1 is 0.892 bits per heavy atom. The molecule has 0 unspecified atom stereocenters. The minimum atomic E-state index is -0.435. The van der Waals surface area contributed by atoms with E-state index < -0.39 is 5.91 Å². The van der Waals surface area contributed by atoms with E-state index >= 15 is 0 Å². The molecule has 1 aliphatic rings. The Labute approximate surface area is 230 Å². The number of rotatable bonds is 6. The normalized spacial score (nSPS) is 15.3. The zero-order chi connectivity index (χ0) is 26.1. The molecule has 0 atom stereocenters. The van der Waals surface area contributed by atoms with Crippen LogP contribution in [0.3, 0.4) is 0 Å². The van der Waals surface area contributed by atoms with Crippen molar-refractivity contribution in [2.75, 3.05) is 11.4 Å². The van der Waals surface area contributed by atoms with Gasteiger partial charge in [-0.2, -0.15) is 0 Å². The molecule has 0 saturated carbocycles. The van der Waals surface area contributed by atoms with E-state index in [-0.39, 0.29) is 16.6 Å². The first-order chi connectivity index (χ1) is 17.9. The van der Waals surface area contributed by atoms with Crippen molar-refractivity contribution in [2.45, 2.75) is 19.9 Å². The molecule has 0 spiro atoms. The highest BCUT2D eigenvalue weighted by atomic mass is 35.5. The summed E-state index contributed by atoms with van der Waals surface area (Å²) in [4.78, 5) is 30.1. The van der Waals surface area contributed by atoms with Crippen molar-refractivity contribution in [2.24, 2.45) is 0 Å². The summed E-state index contributed by atoms with van der Waals surface area (Å²) >= 11 is 17.9. The lowest BCUT2D eigenvalue weighted by molar-refractivity contribution is -0.127. The zero-order valence-electron chi connectivity index (χ0n) is 20.0. The number of para-hydroxylation sites is 2. The van der Waals surface area contributed by atoms with Crippen molar-refractivity contribution in [3.63, 3.8) is 0 Å². The van der Waals surface area contributed by atoms with Crippen LogP contribution in [-0.4, -0.2) is 32.9 Å². The standard InChI is InChI=1S/C29H23Cl2N3O2S/c1-2-14-33-27(35)23(28(36)34(29(33)37)21-8-4-3-5-9-21)16-20-18-32(26-11-7-6-10-22(20)26)17-19-12-13-24(30)25(31)15-19/h3-13,15-16,18H,2,14,17H2,1H3/b23-16+. The molecule has 2 amide bonds. The lowest BCUT2D eigenvalue weighted by atomic mass is 10.0. The highest BCUT2D eigenvalue weighted by molar-refractivity contribution is 7.80. The molecule has 0 aliphatic carbocycles. The van der Waals surface area contributed by atoms with Gasteiger partial charge in [-0.25, -0.2) is 0 Å². The van der Waals surface area contributed by atoms with Gasteiger partial charge in [0, 0.05) is 35.8 Å². The van der Waals surface area contributed by atoms with Crippen LogP contribution in [0.4, 0.5) is 5.69 Å². The predicted octanol–water partition coefficient (Wildman–Crippen LogP) is 6.95. The van der Waals surface area contributed by atoms with Crippen LogP contribution in [0.5, 0.6) is 0 Å². The van der Waals surface area contributed by atoms with Gasteiger partial charge in [-0.15, -0.1) is 0 Å². The monoisotopic (exact) mass is 547 g/mol. The smallest absolute Gasteiger partial charge is 0.270 e. The van der Waals surface area contributed by atoms with Crippen molar-refractivity contribution < 1.29 is 9.59 Å². The van der Waals surface area contributed by atoms with Gasteiger partial charge in [0.05, 0.1) is 15.7 Å². The topological polar surface area (TPSA) is 45.6 Å². The third-order valence-corrected chi connectivity index (χ3v) is 7.39. The van der Waals surface area contributed by atoms with E-state index in [1.165, 1.54) is 9.80 Å². The maximum atomic E-state index is 13.7. The number of hydrogen-bond acceptors (Lipinski definition) is 3. The van der Waals surface area contributed by atoms with Crippen LogP contribution in [0.2, 0.25) is 10.0 Å². The molecule has 1 saturated heterocycles. The summed E-state index contributed by atoms with van der Waals surface area (Å²) in [5.74, 6) is -0.819. The molecule has 37 heavy (non-hydrogen) atoms. The van der Waals surface area contributed by atoms with Gasteiger partial charge in [-0.05, 0) is 60.6 Å². The number of aromatic nitrogens is 1. The molecule has 5 rings (SSSR count). The average molecular weight is 548 g/mol. The first-order valence-electron chi connectivity index (χ1n) is 11.9. The van der Waals surface area contributed by atoms with Crippen molar-refractivity contribution >= 4 is 75.0 Å². The maximum absolute atomic E-state index is 13.7. The van der Waals surface area contributed by atoms with Gasteiger partial charge in [-0.3, -0.25) is 19.4 Å². The number of hydrogen-bond donors (Lipinski definition) is 0. The number of carbonyl (C=O) groups excluding carboxylic acids is 2. The summed E-state index contributed by atoms with van der Waals surface area (Å²) in [7, 11) is 0. The highest BCUT2D eigenvalue weighted by Crippen LogP contribution is 2.30. The number of halogens is 2. The average Bonchev–Trinajstić information content (AvgIpc) is 3.24. The molecule has 1 aromatic heterocycles. The van der Waals surface area contributed by atoms with E-state index in [0.29, 0.717) is 35.2 Å². The van der Waals surface area contributed by atoms with Crippen LogP contribution in [-0.2, 0) is 16.1 Å². The van der Waals surface area contributed by atoms with Crippen LogP contribution >= 0.6 is 35.4 Å². The first-order valence-corrected chi connectivity index (χ1v) is 13.0. The summed E-state index contributed by atoms with van der Waals surface area (Å²) in [6.45, 7) is 2.94. The van der Waals surface area contributed by atoms with Gasteiger partial charge in [0.1, 0.15) is 5.57 Å². The summed E-state index contributed by atoms with van der Waals surface area (Å²) in [5, 5.41) is 2.11. The van der Waals surface area contributed by atoms with Gasteiger partial charge < -0.3 is 4.57 Å². The van der Waals surface area contributed by atoms with Crippen molar-refractivity contribution in [1.29, 1.82) is 0 Å². The van der Waals surface area contributed by atoms with E-state index in [1.54, 1.807) is 12.1 Å². The van der Waals surface area contributed by atoms with Gasteiger partial charge in [-0.1, -0.05) is 72.6 Å². The molecule has 3 aromatic carbocycles. The number of benzene rings is 3. The van der Waals surface area contributed by atoms with Crippen LogP contribution in [0.25, 0.3) is 17.0 Å². The van der Waals surface area contributed by atoms with Gasteiger partial charge >= 0.3 is 0 Å². The Morgan fingerprint density at radius 2 is 1.62 bits per heavy atom. The van der Waals surface area contributed by atoms with Crippen LogP contribution in [0.1, 0.15) is 24.5 Å². The van der Waals surface area contributed by atoms with E-state index in [9.17, 15) is 9.59 Å². The Bertz CT molecular complexity index is 1560. The molecule has 0 N–H and O–H groups in total. The summed E-state index contributed by atoms with van der Waals surface area (Å²) in [6.07, 6.45) is 4.34. The third-order valence-electron chi connectivity index (χ3n) is 6.25. The second-order valence-corrected chi connectivity index (χ2v) is 9.93. The first kappa shape index (κ1) is 25.2. The third kappa shape index (κ3) is 4.80. The van der Waals surface area contributed by atoms with E-state index in [0.717, 1.165) is 22.0 Å². The second kappa shape index (κ2) is 10.5. The fourth-order valence-corrected chi connectivity index (χ4v) is 5.20. The lowest BCUT2D eigenvalue weighted by Gasteiger charge is -2.36. The number of carbonyl (C=O) groups is 2. The van der Waals surface area contributed by atoms with Crippen molar-refractivity contribution in [3.8, 4) is 0 Å². The minimum absolute atomic E-state index is 0.0725. The molecule has 2 heterocycles. The van der Waals surface area contributed by atoms with Crippen LogP contribution in [0, 0.1) is 0 Å². The minimum Gasteiger partial charge on any atom is -0.342 e. The van der Waals surface area contributed by atoms with E-state index in [4.69, 9.17) is 35.4 Å². The molecule has 5 nitrogen and oxygen atoms in total. The number of thiocarbonyl (C=S) groups is 1. The number of anilines is 1. The SMILES string of the molecule is CCCN1C(=O)/C(=C\c2cn(Cc3ccc(Cl)c(Cl)c3)c3ccccc23)C(=O)N(c2ccccc2)C1=S. The fraction of sp³-hybridized carbons (Fsp3) is 0.138. The molecule has 4 aromatic rings. The number of amides is 2. The zero-order valence-corrected chi connectivity index (χ0v) is 22.4. The quantitative estimate of drug-likeness (QED) is 0.149. The number of nitrogens with zero attached hydrogens (tertiary/aromatic N) is 3. The Kier molecular flexibility index (Phi) is 7.15. The van der Waals surface area contributed by atoms with Crippen LogP contribution < -0.4 is 4.90 Å². The van der Waals surface area contributed by atoms with E-state index in [1.807, 2.05) is 79.9 Å². The van der Waals surface area contributed by atoms with Crippen LogP contribution in [0.15, 0.2) is 84.6 Å². The lowest BCUT2D eigenvalue weighted by Crippen LogP contribution is -2.56. The van der Waals surface area contributed by atoms with Gasteiger partial charge in [0.2, 0.25) is 0 Å². The largest absolute Gasteiger partial charge is 0.342 e. The van der Waals surface area contributed by atoms with Gasteiger partial charge in [0.25, 0.3) is 11.8 Å². The molecule has 0 radical (unpaired) electrons. The van der Waals surface area contributed by atoms with E-state index in [2.05, 4.69) is 4.57 Å². The Hall–Kier alpha value is -3.45. The molecule has 1 fully saturated rings. The molecular formula is C29H23Cl2N3O2S. The maximum Gasteiger partial charge on any atom is 0.270 e. The molecule has 8 heteroatoms. The summed E-state index contributed by atoms with van der Waals surface area (Å²) < 4.78 is 2.07. The van der Waals surface area contributed by atoms with Gasteiger partial charge in [0.15, 0.2) is 5.11 Å². The Balaban J connectivity index is 1.60. The van der Waals surface area contributed by atoms with Crippen molar-refractivity contribution in [3.05, 3.63) is 106 Å². The molecule has 0 bridgehead atoms. The predicted molar refractivity (Wildman–Crippen MR) is 154 cm³/mol. The molecular weight excluding hydrogens is 525 g/mol. The molecule has 1 aliphatic heterocycles. The summed E-state index contributed by atoms with van der Waals surface area (Å²) in [6, 6.07) is 22.6. The molecule has 186 valence electrons.